The number of halogens is 2. The summed E-state index contributed by atoms with van der Waals surface area (Å²) < 4.78 is 0. The third-order valence-electron chi connectivity index (χ3n) is 1.80. The van der Waals surface area contributed by atoms with Crippen LogP contribution >= 0.6 is 23.2 Å². The number of rotatable bonds is 3. The van der Waals surface area contributed by atoms with E-state index < -0.39 is 12.0 Å². The molecule has 0 heterocycles. The van der Waals surface area contributed by atoms with Gasteiger partial charge in [0.2, 0.25) is 0 Å². The van der Waals surface area contributed by atoms with Crippen molar-refractivity contribution in [2.45, 2.75) is 12.5 Å². The molecular formula is C9H9Cl2NO2. The van der Waals surface area contributed by atoms with Crippen LogP contribution in [0.2, 0.25) is 10.0 Å². The summed E-state index contributed by atoms with van der Waals surface area (Å²) in [7, 11) is 0. The van der Waals surface area contributed by atoms with E-state index in [9.17, 15) is 4.79 Å². The molecule has 5 heteroatoms. The Morgan fingerprint density at radius 1 is 1.43 bits per heavy atom. The maximum Gasteiger partial charge on any atom is 0.320 e. The fourth-order valence-corrected chi connectivity index (χ4v) is 1.59. The van der Waals surface area contributed by atoms with E-state index in [4.69, 9.17) is 34.0 Å². The highest BCUT2D eigenvalue weighted by atomic mass is 35.5. The van der Waals surface area contributed by atoms with Crippen LogP contribution in [0.15, 0.2) is 18.2 Å². The van der Waals surface area contributed by atoms with Gasteiger partial charge in [0.25, 0.3) is 0 Å². The minimum Gasteiger partial charge on any atom is -0.480 e. The lowest BCUT2D eigenvalue weighted by Crippen LogP contribution is -2.32. The van der Waals surface area contributed by atoms with Crippen molar-refractivity contribution in [1.29, 1.82) is 0 Å². The number of nitrogens with two attached hydrogens (primary N) is 1. The lowest BCUT2D eigenvalue weighted by Gasteiger charge is -2.09. The number of carboxylic acid groups (broad SMARTS) is 1. The summed E-state index contributed by atoms with van der Waals surface area (Å²) in [6.45, 7) is 0. The van der Waals surface area contributed by atoms with Gasteiger partial charge in [-0.15, -0.1) is 0 Å². The van der Waals surface area contributed by atoms with E-state index in [1.807, 2.05) is 0 Å². The standard InChI is InChI=1S/C9H9Cl2NO2/c10-6-2-1-3-7(11)5(6)4-8(12)9(13)14/h1-3,8H,4,12H2,(H,13,14). The van der Waals surface area contributed by atoms with E-state index in [2.05, 4.69) is 0 Å². The van der Waals surface area contributed by atoms with Crippen molar-refractivity contribution >= 4 is 29.2 Å². The van der Waals surface area contributed by atoms with E-state index >= 15 is 0 Å². The molecule has 1 rings (SSSR count). The molecule has 0 aromatic heterocycles. The van der Waals surface area contributed by atoms with Crippen molar-refractivity contribution in [3.05, 3.63) is 33.8 Å². The highest BCUT2D eigenvalue weighted by Crippen LogP contribution is 2.25. The van der Waals surface area contributed by atoms with Gasteiger partial charge in [0, 0.05) is 16.5 Å². The first-order valence-corrected chi connectivity index (χ1v) is 4.69. The third kappa shape index (κ3) is 2.61. The highest BCUT2D eigenvalue weighted by Gasteiger charge is 2.15. The molecule has 76 valence electrons. The number of carboxylic acids is 1. The van der Waals surface area contributed by atoms with Gasteiger partial charge in [0.15, 0.2) is 0 Å². The number of aliphatic carboxylic acids is 1. The molecule has 1 aromatic carbocycles. The van der Waals surface area contributed by atoms with Crippen LogP contribution in [-0.4, -0.2) is 17.1 Å². The molecule has 1 atom stereocenters. The summed E-state index contributed by atoms with van der Waals surface area (Å²) >= 11 is 11.7. The van der Waals surface area contributed by atoms with Crippen molar-refractivity contribution in [3.63, 3.8) is 0 Å². The van der Waals surface area contributed by atoms with Gasteiger partial charge in [-0.05, 0) is 17.7 Å². The molecular weight excluding hydrogens is 225 g/mol. The fraction of sp³-hybridized carbons (Fsp3) is 0.222. The summed E-state index contributed by atoms with van der Waals surface area (Å²) in [5.41, 5.74) is 5.94. The second-order valence-electron chi connectivity index (χ2n) is 2.85. The number of hydrogen-bond donors (Lipinski definition) is 2. The summed E-state index contributed by atoms with van der Waals surface area (Å²) in [5, 5.41) is 9.49. The second kappa shape index (κ2) is 4.64. The van der Waals surface area contributed by atoms with Crippen molar-refractivity contribution in [3.8, 4) is 0 Å². The first-order chi connectivity index (χ1) is 6.52. The van der Waals surface area contributed by atoms with Gasteiger partial charge in [-0.2, -0.15) is 0 Å². The van der Waals surface area contributed by atoms with Gasteiger partial charge in [-0.25, -0.2) is 0 Å². The molecule has 0 aliphatic heterocycles. The van der Waals surface area contributed by atoms with E-state index in [-0.39, 0.29) is 6.42 Å². The monoisotopic (exact) mass is 233 g/mol. The van der Waals surface area contributed by atoms with Crippen molar-refractivity contribution in [1.82, 2.24) is 0 Å². The van der Waals surface area contributed by atoms with Gasteiger partial charge in [0.1, 0.15) is 6.04 Å². The molecule has 0 spiro atoms. The smallest absolute Gasteiger partial charge is 0.320 e. The van der Waals surface area contributed by atoms with Crippen LogP contribution in [0.4, 0.5) is 0 Å². The normalized spacial score (nSPS) is 12.5. The Hall–Kier alpha value is -0.770. The van der Waals surface area contributed by atoms with E-state index in [1.165, 1.54) is 0 Å². The van der Waals surface area contributed by atoms with Crippen molar-refractivity contribution in [2.24, 2.45) is 5.73 Å². The summed E-state index contributed by atoms with van der Waals surface area (Å²) in [6, 6.07) is 4.02. The Labute approximate surface area is 91.4 Å². The van der Waals surface area contributed by atoms with E-state index in [1.54, 1.807) is 18.2 Å². The number of hydrogen-bond acceptors (Lipinski definition) is 2. The molecule has 0 aliphatic rings. The third-order valence-corrected chi connectivity index (χ3v) is 2.51. The minimum atomic E-state index is -1.07. The topological polar surface area (TPSA) is 63.3 Å². The van der Waals surface area contributed by atoms with Crippen LogP contribution in [0.3, 0.4) is 0 Å². The molecule has 0 radical (unpaired) electrons. The molecule has 1 aromatic rings. The summed E-state index contributed by atoms with van der Waals surface area (Å²) in [5.74, 6) is -1.07. The van der Waals surface area contributed by atoms with E-state index in [0.29, 0.717) is 15.6 Å². The largest absolute Gasteiger partial charge is 0.480 e. The summed E-state index contributed by atoms with van der Waals surface area (Å²) in [6.07, 6.45) is 0.133. The van der Waals surface area contributed by atoms with Gasteiger partial charge in [-0.3, -0.25) is 4.79 Å². The molecule has 0 aliphatic carbocycles. The Balaban J connectivity index is 2.91. The van der Waals surface area contributed by atoms with Crippen LogP contribution in [0, 0.1) is 0 Å². The average Bonchev–Trinajstić information content (AvgIpc) is 2.11. The van der Waals surface area contributed by atoms with Gasteiger partial charge >= 0.3 is 5.97 Å². The Bertz CT molecular complexity index is 334. The molecule has 0 bridgehead atoms. The highest BCUT2D eigenvalue weighted by molar-refractivity contribution is 6.36. The van der Waals surface area contributed by atoms with Crippen LogP contribution in [0.25, 0.3) is 0 Å². The van der Waals surface area contributed by atoms with Gasteiger partial charge in [0.05, 0.1) is 0 Å². The van der Waals surface area contributed by atoms with Gasteiger partial charge in [-0.1, -0.05) is 29.3 Å². The van der Waals surface area contributed by atoms with Crippen molar-refractivity contribution in [2.75, 3.05) is 0 Å². The minimum absolute atomic E-state index is 0.133. The molecule has 3 N–H and O–H groups in total. The molecule has 0 saturated carbocycles. The molecule has 0 saturated heterocycles. The van der Waals surface area contributed by atoms with Crippen LogP contribution in [0.5, 0.6) is 0 Å². The molecule has 0 fully saturated rings. The SMILES string of the molecule is NC(Cc1c(Cl)cccc1Cl)C(=O)O. The molecule has 3 nitrogen and oxygen atoms in total. The van der Waals surface area contributed by atoms with Gasteiger partial charge < -0.3 is 10.8 Å². The Morgan fingerprint density at radius 3 is 2.36 bits per heavy atom. The predicted octanol–water partition coefficient (Wildman–Crippen LogP) is 1.95. The fourth-order valence-electron chi connectivity index (χ4n) is 1.03. The Kier molecular flexibility index (Phi) is 3.75. The molecule has 1 unspecified atom stereocenters. The number of carbonyl (C=O) groups is 1. The zero-order valence-electron chi connectivity index (χ0n) is 7.21. The first kappa shape index (κ1) is 11.3. The van der Waals surface area contributed by atoms with Crippen molar-refractivity contribution < 1.29 is 9.90 Å². The first-order valence-electron chi connectivity index (χ1n) is 3.93. The van der Waals surface area contributed by atoms with Crippen LogP contribution in [-0.2, 0) is 11.2 Å². The lowest BCUT2D eigenvalue weighted by molar-refractivity contribution is -0.138. The maximum absolute atomic E-state index is 10.5. The lowest BCUT2D eigenvalue weighted by atomic mass is 10.1. The summed E-state index contributed by atoms with van der Waals surface area (Å²) in [4.78, 5) is 10.5. The second-order valence-corrected chi connectivity index (χ2v) is 3.66. The average molecular weight is 234 g/mol. The quantitative estimate of drug-likeness (QED) is 0.839. The molecule has 14 heavy (non-hydrogen) atoms. The molecule has 0 amide bonds. The van der Waals surface area contributed by atoms with E-state index in [0.717, 1.165) is 0 Å². The van der Waals surface area contributed by atoms with Crippen LogP contribution < -0.4 is 5.73 Å². The van der Waals surface area contributed by atoms with Crippen LogP contribution in [0.1, 0.15) is 5.56 Å². The zero-order chi connectivity index (χ0) is 10.7. The maximum atomic E-state index is 10.5. The number of benzene rings is 1. The Morgan fingerprint density at radius 2 is 1.93 bits per heavy atom. The predicted molar refractivity (Wildman–Crippen MR) is 55.8 cm³/mol. The zero-order valence-corrected chi connectivity index (χ0v) is 8.72.